The van der Waals surface area contributed by atoms with Crippen LogP contribution in [0.15, 0.2) is 24.5 Å². The fourth-order valence-corrected chi connectivity index (χ4v) is 2.15. The van der Waals surface area contributed by atoms with Crippen molar-refractivity contribution in [3.63, 3.8) is 0 Å². The molecule has 0 aromatic carbocycles. The van der Waals surface area contributed by atoms with Gasteiger partial charge in [0.2, 0.25) is 0 Å². The summed E-state index contributed by atoms with van der Waals surface area (Å²) in [7, 11) is -0.784. The van der Waals surface area contributed by atoms with Crippen molar-refractivity contribution >= 4 is 9.84 Å². The van der Waals surface area contributed by atoms with Crippen molar-refractivity contribution < 1.29 is 8.42 Å². The summed E-state index contributed by atoms with van der Waals surface area (Å²) in [5, 5.41) is 3.14. The molecule has 0 saturated heterocycles. The first-order valence-corrected chi connectivity index (χ1v) is 8.49. The second-order valence-corrected chi connectivity index (χ2v) is 7.05. The summed E-state index contributed by atoms with van der Waals surface area (Å²) >= 11 is 0. The fourth-order valence-electron chi connectivity index (χ4n) is 1.63. The van der Waals surface area contributed by atoms with Gasteiger partial charge in [-0.05, 0) is 31.2 Å². The Morgan fingerprint density at radius 3 is 2.53 bits per heavy atom. The molecule has 0 unspecified atom stereocenters. The van der Waals surface area contributed by atoms with Crippen LogP contribution in [0, 0.1) is 0 Å². The van der Waals surface area contributed by atoms with Crippen molar-refractivity contribution in [1.82, 2.24) is 15.2 Å². The average Bonchev–Trinajstić information content (AvgIpc) is 2.36. The summed E-state index contributed by atoms with van der Waals surface area (Å²) in [4.78, 5) is 6.22. The Kier molecular flexibility index (Phi) is 6.97. The molecule has 1 aromatic heterocycles. The minimum absolute atomic E-state index is 0.202. The molecular weight excluding hydrogens is 262 g/mol. The second-order valence-electron chi connectivity index (χ2n) is 4.79. The monoisotopic (exact) mass is 285 g/mol. The number of likely N-dealkylation sites (N-methyl/N-ethyl adjacent to an activating group) is 1. The molecule has 6 heteroatoms. The van der Waals surface area contributed by atoms with E-state index < -0.39 is 9.84 Å². The normalized spacial score (nSPS) is 11.9. The molecule has 108 valence electrons. The van der Waals surface area contributed by atoms with Crippen LogP contribution in [0.3, 0.4) is 0 Å². The van der Waals surface area contributed by atoms with Crippen molar-refractivity contribution in [3.8, 4) is 0 Å². The first-order valence-electron chi connectivity index (χ1n) is 6.43. The Morgan fingerprint density at radius 1 is 1.21 bits per heavy atom. The topological polar surface area (TPSA) is 62.3 Å². The third-order valence-electron chi connectivity index (χ3n) is 2.85. The van der Waals surface area contributed by atoms with Gasteiger partial charge >= 0.3 is 0 Å². The molecule has 0 aliphatic heterocycles. The highest BCUT2D eigenvalue weighted by Crippen LogP contribution is 1.98. The Morgan fingerprint density at radius 2 is 1.89 bits per heavy atom. The maximum Gasteiger partial charge on any atom is 0.148 e. The smallest absolute Gasteiger partial charge is 0.148 e. The highest BCUT2D eigenvalue weighted by molar-refractivity contribution is 7.90. The zero-order valence-electron chi connectivity index (χ0n) is 11.7. The number of hydrogen-bond acceptors (Lipinski definition) is 5. The van der Waals surface area contributed by atoms with Crippen LogP contribution in [0.4, 0.5) is 0 Å². The summed E-state index contributed by atoms with van der Waals surface area (Å²) in [5.74, 6) is 0.202. The van der Waals surface area contributed by atoms with E-state index in [4.69, 9.17) is 0 Å². The van der Waals surface area contributed by atoms with Gasteiger partial charge in [-0.25, -0.2) is 8.42 Å². The van der Waals surface area contributed by atoms with Crippen molar-refractivity contribution in [3.05, 3.63) is 30.1 Å². The van der Waals surface area contributed by atoms with Crippen LogP contribution in [0.25, 0.3) is 0 Å². The molecule has 0 amide bonds. The van der Waals surface area contributed by atoms with Crippen LogP contribution < -0.4 is 5.32 Å². The van der Waals surface area contributed by atoms with Gasteiger partial charge in [-0.15, -0.1) is 0 Å². The minimum atomic E-state index is -2.85. The predicted molar refractivity (Wildman–Crippen MR) is 78.0 cm³/mol. The molecule has 1 rings (SSSR count). The van der Waals surface area contributed by atoms with E-state index in [0.717, 1.165) is 26.1 Å². The molecule has 0 aliphatic carbocycles. The van der Waals surface area contributed by atoms with Gasteiger partial charge in [0.1, 0.15) is 9.84 Å². The number of nitrogens with zero attached hydrogens (tertiary/aromatic N) is 2. The molecule has 19 heavy (non-hydrogen) atoms. The molecule has 1 aromatic rings. The van der Waals surface area contributed by atoms with E-state index in [1.54, 1.807) is 0 Å². The van der Waals surface area contributed by atoms with Crippen LogP contribution in [0.1, 0.15) is 5.56 Å². The van der Waals surface area contributed by atoms with E-state index in [2.05, 4.69) is 22.2 Å². The van der Waals surface area contributed by atoms with Crippen LogP contribution in [-0.4, -0.2) is 63.5 Å². The molecule has 0 saturated carbocycles. The largest absolute Gasteiger partial charge is 0.314 e. The summed E-state index contributed by atoms with van der Waals surface area (Å²) < 4.78 is 21.9. The molecule has 0 bridgehead atoms. The first-order chi connectivity index (χ1) is 8.97. The van der Waals surface area contributed by atoms with Crippen LogP contribution >= 0.6 is 0 Å². The second kappa shape index (κ2) is 8.24. The maximum absolute atomic E-state index is 10.9. The zero-order chi connectivity index (χ0) is 14.1. The molecule has 5 nitrogen and oxygen atoms in total. The Balaban J connectivity index is 2.07. The average molecular weight is 285 g/mol. The molecule has 0 spiro atoms. The lowest BCUT2D eigenvalue weighted by Gasteiger charge is -2.16. The van der Waals surface area contributed by atoms with E-state index in [0.29, 0.717) is 6.54 Å². The van der Waals surface area contributed by atoms with Crippen LogP contribution in [-0.2, 0) is 16.3 Å². The lowest BCUT2D eigenvalue weighted by Crippen LogP contribution is -2.32. The van der Waals surface area contributed by atoms with Gasteiger partial charge in [-0.3, -0.25) is 4.98 Å². The van der Waals surface area contributed by atoms with E-state index in [1.807, 2.05) is 24.5 Å². The van der Waals surface area contributed by atoms with Crippen molar-refractivity contribution in [2.45, 2.75) is 6.42 Å². The lowest BCUT2D eigenvalue weighted by atomic mass is 10.2. The highest BCUT2D eigenvalue weighted by atomic mass is 32.2. The quantitative estimate of drug-likeness (QED) is 0.656. The van der Waals surface area contributed by atoms with Gasteiger partial charge < -0.3 is 10.2 Å². The minimum Gasteiger partial charge on any atom is -0.314 e. The van der Waals surface area contributed by atoms with Crippen molar-refractivity contribution in [2.75, 3.05) is 45.2 Å². The number of hydrogen-bond donors (Lipinski definition) is 1. The Labute approximate surface area is 116 Å². The van der Waals surface area contributed by atoms with E-state index in [-0.39, 0.29) is 5.75 Å². The van der Waals surface area contributed by atoms with Gasteiger partial charge in [0.05, 0.1) is 5.75 Å². The van der Waals surface area contributed by atoms with Gasteiger partial charge in [-0.2, -0.15) is 0 Å². The summed E-state index contributed by atoms with van der Waals surface area (Å²) in [5.41, 5.74) is 1.28. The lowest BCUT2D eigenvalue weighted by molar-refractivity contribution is 0.337. The third kappa shape index (κ3) is 8.69. The van der Waals surface area contributed by atoms with Gasteiger partial charge in [0.25, 0.3) is 0 Å². The molecular formula is C13H23N3O2S. The van der Waals surface area contributed by atoms with Gasteiger partial charge in [0, 0.05) is 44.8 Å². The Bertz CT molecular complexity index is 448. The van der Waals surface area contributed by atoms with E-state index in [9.17, 15) is 8.42 Å². The van der Waals surface area contributed by atoms with E-state index in [1.165, 1.54) is 11.8 Å². The summed E-state index contributed by atoms with van der Waals surface area (Å²) in [6, 6.07) is 4.05. The number of nitrogens with one attached hydrogen (secondary N) is 1. The number of aromatic nitrogens is 1. The molecule has 0 fully saturated rings. The van der Waals surface area contributed by atoms with Crippen molar-refractivity contribution in [1.29, 1.82) is 0 Å². The number of sulfone groups is 1. The zero-order valence-corrected chi connectivity index (χ0v) is 12.5. The highest BCUT2D eigenvalue weighted by Gasteiger charge is 2.02. The van der Waals surface area contributed by atoms with Crippen molar-refractivity contribution in [2.24, 2.45) is 0 Å². The maximum atomic E-state index is 10.9. The van der Waals surface area contributed by atoms with Crippen LogP contribution in [0.5, 0.6) is 0 Å². The molecule has 1 N–H and O–H groups in total. The van der Waals surface area contributed by atoms with E-state index >= 15 is 0 Å². The molecule has 0 aliphatic rings. The fraction of sp³-hybridized carbons (Fsp3) is 0.615. The molecule has 0 radical (unpaired) electrons. The SMILES string of the molecule is CN(CCNCCS(C)(=O)=O)CCc1ccncc1. The number of rotatable bonds is 9. The number of pyridine rings is 1. The van der Waals surface area contributed by atoms with Gasteiger partial charge in [-0.1, -0.05) is 0 Å². The Hall–Kier alpha value is -0.980. The first kappa shape index (κ1) is 16.1. The standard InChI is InChI=1S/C13H23N3O2S/c1-16(10-5-13-3-6-14-7-4-13)11-8-15-9-12-19(2,17)18/h3-4,6-7,15H,5,8-12H2,1-2H3. The molecule has 0 atom stereocenters. The van der Waals surface area contributed by atoms with Crippen LogP contribution in [0.2, 0.25) is 0 Å². The summed E-state index contributed by atoms with van der Waals surface area (Å²) in [6.07, 6.45) is 5.88. The third-order valence-corrected chi connectivity index (χ3v) is 3.80. The summed E-state index contributed by atoms with van der Waals surface area (Å²) in [6.45, 7) is 3.23. The predicted octanol–water partition coefficient (Wildman–Crippen LogP) is 0.190. The van der Waals surface area contributed by atoms with Gasteiger partial charge in [0.15, 0.2) is 0 Å². The molecule has 1 heterocycles.